The van der Waals surface area contributed by atoms with Gasteiger partial charge in [0.1, 0.15) is 5.82 Å². The molecule has 0 bridgehead atoms. The third-order valence-corrected chi connectivity index (χ3v) is 4.93. The Kier molecular flexibility index (Phi) is 2.43. The number of hydrogen-bond donors (Lipinski definition) is 1. The van der Waals surface area contributed by atoms with Crippen molar-refractivity contribution in [3.8, 4) is 5.88 Å². The molecule has 4 nitrogen and oxygen atoms in total. The first-order chi connectivity index (χ1) is 8.88. The minimum Gasteiger partial charge on any atom is -0.478 e. The highest BCUT2D eigenvalue weighted by Gasteiger charge is 2.66. The summed E-state index contributed by atoms with van der Waals surface area (Å²) in [5, 5.41) is 0. The fraction of sp³-hybridized carbons (Fsp3) is 0.600. The highest BCUT2D eigenvalue weighted by molar-refractivity contribution is 5.71. The van der Waals surface area contributed by atoms with Gasteiger partial charge in [-0.15, -0.1) is 0 Å². The summed E-state index contributed by atoms with van der Waals surface area (Å²) in [7, 11) is 0. The van der Waals surface area contributed by atoms with Gasteiger partial charge in [0.25, 0.3) is 0 Å². The number of ether oxygens (including phenoxy) is 1. The Labute approximate surface area is 113 Å². The van der Waals surface area contributed by atoms with Crippen LogP contribution < -0.4 is 4.74 Å². The average molecular weight is 259 g/mol. The molecule has 4 heteroatoms. The maximum absolute atomic E-state index is 5.42. The van der Waals surface area contributed by atoms with Gasteiger partial charge in [-0.05, 0) is 23.8 Å². The number of rotatable bonds is 3. The van der Waals surface area contributed by atoms with Gasteiger partial charge in [-0.2, -0.15) is 4.98 Å². The van der Waals surface area contributed by atoms with Crippen LogP contribution in [0.1, 0.15) is 46.4 Å². The Bertz CT molecular complexity index is 613. The van der Waals surface area contributed by atoms with E-state index in [0.29, 0.717) is 18.4 Å². The minimum atomic E-state index is 0.281. The molecule has 2 heterocycles. The Hall–Kier alpha value is -1.58. The van der Waals surface area contributed by atoms with Crippen molar-refractivity contribution in [1.82, 2.24) is 15.0 Å². The Morgan fingerprint density at radius 2 is 1.84 bits per heavy atom. The molecule has 0 aromatic carbocycles. The zero-order valence-electron chi connectivity index (χ0n) is 12.2. The van der Waals surface area contributed by atoms with Crippen molar-refractivity contribution in [2.24, 2.45) is 10.8 Å². The quantitative estimate of drug-likeness (QED) is 0.917. The molecule has 0 atom stereocenters. The van der Waals surface area contributed by atoms with Crippen LogP contribution in [0.2, 0.25) is 0 Å². The van der Waals surface area contributed by atoms with Gasteiger partial charge >= 0.3 is 0 Å². The van der Waals surface area contributed by atoms with Crippen LogP contribution in [0.5, 0.6) is 5.88 Å². The van der Waals surface area contributed by atoms with Crippen LogP contribution in [-0.2, 0) is 0 Å². The molecule has 1 fully saturated rings. The predicted molar refractivity (Wildman–Crippen MR) is 75.4 cm³/mol. The lowest BCUT2D eigenvalue weighted by molar-refractivity contribution is 0.328. The SMILES string of the molecule is CCOc1ccc2[nH]c(C3C(C)(C)C3(C)C)nc2n1. The van der Waals surface area contributed by atoms with E-state index in [9.17, 15) is 0 Å². The van der Waals surface area contributed by atoms with Crippen molar-refractivity contribution in [3.63, 3.8) is 0 Å². The summed E-state index contributed by atoms with van der Waals surface area (Å²) in [6.45, 7) is 11.8. The van der Waals surface area contributed by atoms with E-state index in [4.69, 9.17) is 4.74 Å². The lowest BCUT2D eigenvalue weighted by Gasteiger charge is -2.03. The molecule has 1 aliphatic rings. The van der Waals surface area contributed by atoms with Crippen LogP contribution in [0.4, 0.5) is 0 Å². The number of hydrogen-bond acceptors (Lipinski definition) is 3. The summed E-state index contributed by atoms with van der Waals surface area (Å²) in [5.74, 6) is 2.15. The van der Waals surface area contributed by atoms with E-state index in [2.05, 4.69) is 42.6 Å². The van der Waals surface area contributed by atoms with Crippen LogP contribution in [0, 0.1) is 10.8 Å². The molecule has 0 radical (unpaired) electrons. The zero-order chi connectivity index (χ0) is 13.8. The number of nitrogens with zero attached hydrogens (tertiary/aromatic N) is 2. The average Bonchev–Trinajstić information content (AvgIpc) is 2.61. The third-order valence-electron chi connectivity index (χ3n) is 4.93. The van der Waals surface area contributed by atoms with Gasteiger partial charge in [-0.1, -0.05) is 27.7 Å². The summed E-state index contributed by atoms with van der Waals surface area (Å²) in [6, 6.07) is 3.88. The lowest BCUT2D eigenvalue weighted by atomic mass is 10.0. The maximum atomic E-state index is 5.42. The largest absolute Gasteiger partial charge is 0.478 e. The van der Waals surface area contributed by atoms with Crippen molar-refractivity contribution >= 4 is 11.2 Å². The Balaban J connectivity index is 1.99. The van der Waals surface area contributed by atoms with Gasteiger partial charge in [0, 0.05) is 12.0 Å². The molecule has 1 saturated carbocycles. The zero-order valence-corrected chi connectivity index (χ0v) is 12.2. The molecule has 0 aliphatic heterocycles. The van der Waals surface area contributed by atoms with E-state index in [1.54, 1.807) is 0 Å². The van der Waals surface area contributed by atoms with Gasteiger partial charge in [0.2, 0.25) is 5.88 Å². The second-order valence-electron chi connectivity index (χ2n) is 6.45. The fourth-order valence-electron chi connectivity index (χ4n) is 3.14. The third kappa shape index (κ3) is 1.66. The monoisotopic (exact) mass is 259 g/mol. The summed E-state index contributed by atoms with van der Waals surface area (Å²) in [4.78, 5) is 12.5. The van der Waals surface area contributed by atoms with E-state index in [-0.39, 0.29) is 10.8 Å². The second-order valence-corrected chi connectivity index (χ2v) is 6.45. The number of fused-ring (bicyclic) bond motifs is 1. The molecular formula is C15H21N3O. The Morgan fingerprint density at radius 1 is 1.16 bits per heavy atom. The number of pyridine rings is 1. The first-order valence-electron chi connectivity index (χ1n) is 6.87. The Morgan fingerprint density at radius 3 is 2.42 bits per heavy atom. The molecule has 2 aromatic heterocycles. The predicted octanol–water partition coefficient (Wildman–Crippen LogP) is 3.51. The molecule has 0 spiro atoms. The van der Waals surface area contributed by atoms with Gasteiger partial charge in [0.05, 0.1) is 12.1 Å². The van der Waals surface area contributed by atoms with Crippen molar-refractivity contribution < 1.29 is 4.74 Å². The smallest absolute Gasteiger partial charge is 0.215 e. The summed E-state index contributed by atoms with van der Waals surface area (Å²) >= 11 is 0. The molecule has 0 unspecified atom stereocenters. The first-order valence-corrected chi connectivity index (χ1v) is 6.87. The van der Waals surface area contributed by atoms with Crippen LogP contribution in [-0.4, -0.2) is 21.6 Å². The van der Waals surface area contributed by atoms with E-state index in [1.165, 1.54) is 0 Å². The van der Waals surface area contributed by atoms with Gasteiger partial charge < -0.3 is 9.72 Å². The number of aromatic amines is 1. The molecule has 3 rings (SSSR count). The second kappa shape index (κ2) is 3.71. The van der Waals surface area contributed by atoms with E-state index >= 15 is 0 Å². The molecule has 2 aromatic rings. The van der Waals surface area contributed by atoms with Crippen LogP contribution in [0.15, 0.2) is 12.1 Å². The molecule has 0 saturated heterocycles. The van der Waals surface area contributed by atoms with Crippen molar-refractivity contribution in [2.75, 3.05) is 6.61 Å². The fourth-order valence-corrected chi connectivity index (χ4v) is 3.14. The maximum Gasteiger partial charge on any atom is 0.215 e. The molecule has 1 N–H and O–H groups in total. The highest BCUT2D eigenvalue weighted by atomic mass is 16.5. The standard InChI is InChI=1S/C15H21N3O/c1-6-19-10-8-7-9-12(17-10)18-13(16-9)11-14(2,3)15(11,4)5/h7-8,11H,6H2,1-5H3,(H,16,17,18). The molecule has 102 valence electrons. The number of imidazole rings is 1. The van der Waals surface area contributed by atoms with E-state index in [0.717, 1.165) is 17.0 Å². The summed E-state index contributed by atoms with van der Waals surface area (Å²) in [6.07, 6.45) is 0. The first kappa shape index (κ1) is 12.5. The number of nitrogens with one attached hydrogen (secondary N) is 1. The molecular weight excluding hydrogens is 238 g/mol. The molecule has 0 amide bonds. The van der Waals surface area contributed by atoms with Gasteiger partial charge in [-0.3, -0.25) is 0 Å². The van der Waals surface area contributed by atoms with E-state index in [1.807, 2.05) is 19.1 Å². The van der Waals surface area contributed by atoms with Crippen molar-refractivity contribution in [2.45, 2.75) is 40.5 Å². The topological polar surface area (TPSA) is 50.8 Å². The van der Waals surface area contributed by atoms with Crippen molar-refractivity contribution in [3.05, 3.63) is 18.0 Å². The van der Waals surface area contributed by atoms with Crippen molar-refractivity contribution in [1.29, 1.82) is 0 Å². The van der Waals surface area contributed by atoms with Gasteiger partial charge in [-0.25, -0.2) is 4.98 Å². The van der Waals surface area contributed by atoms with Crippen LogP contribution in [0.25, 0.3) is 11.2 Å². The molecule has 19 heavy (non-hydrogen) atoms. The van der Waals surface area contributed by atoms with Crippen LogP contribution >= 0.6 is 0 Å². The summed E-state index contributed by atoms with van der Waals surface area (Å²) in [5.41, 5.74) is 2.30. The normalized spacial score (nSPS) is 20.7. The summed E-state index contributed by atoms with van der Waals surface area (Å²) < 4.78 is 5.42. The lowest BCUT2D eigenvalue weighted by Crippen LogP contribution is -1.95. The minimum absolute atomic E-state index is 0.281. The van der Waals surface area contributed by atoms with Gasteiger partial charge in [0.15, 0.2) is 5.65 Å². The highest BCUT2D eigenvalue weighted by Crippen LogP contribution is 2.73. The molecule has 1 aliphatic carbocycles. The van der Waals surface area contributed by atoms with E-state index < -0.39 is 0 Å². The van der Waals surface area contributed by atoms with Crippen LogP contribution in [0.3, 0.4) is 0 Å². The number of aromatic nitrogens is 3. The number of H-pyrrole nitrogens is 1.